The van der Waals surface area contributed by atoms with Crippen molar-refractivity contribution in [2.45, 2.75) is 106 Å². The Kier molecular flexibility index (Phi) is 29.8. The molecule has 137 heavy (non-hydrogen) atoms. The fourth-order valence-corrected chi connectivity index (χ4v) is 19.1. The van der Waals surface area contributed by atoms with Gasteiger partial charge >= 0.3 is 0 Å². The highest BCUT2D eigenvalue weighted by Gasteiger charge is 2.40. The molecule has 3 saturated heterocycles. The van der Waals surface area contributed by atoms with Crippen molar-refractivity contribution >= 4 is 172 Å². The van der Waals surface area contributed by atoms with Crippen LogP contribution in [-0.2, 0) is 14.4 Å². The average Bonchev–Trinajstić information content (AvgIpc) is 0.729. The topological polar surface area (TPSA) is 358 Å². The van der Waals surface area contributed by atoms with Gasteiger partial charge in [0, 0.05) is 123 Å². The van der Waals surface area contributed by atoms with E-state index < -0.39 is 111 Å². The number of aromatic hydroxyl groups is 1. The Morgan fingerprint density at radius 2 is 0.723 bits per heavy atom. The number of fused-ring (bicyclic) bond motifs is 3. The summed E-state index contributed by atoms with van der Waals surface area (Å²) in [4.78, 5) is 118. The maximum absolute atomic E-state index is 15.4. The van der Waals surface area contributed by atoms with Crippen LogP contribution in [0.3, 0.4) is 0 Å². The second-order valence-corrected chi connectivity index (χ2v) is 36.3. The third kappa shape index (κ3) is 17.9. The molecule has 0 spiro atoms. The summed E-state index contributed by atoms with van der Waals surface area (Å²) in [7, 11) is 0. The predicted octanol–water partition coefficient (Wildman–Crippen LogP) is 19.6. The molecule has 2 atom stereocenters. The lowest BCUT2D eigenvalue weighted by molar-refractivity contribution is -0.130. The summed E-state index contributed by atoms with van der Waals surface area (Å²) in [6, 6.07) is 14.8. The lowest BCUT2D eigenvalue weighted by Crippen LogP contribution is -2.58. The summed E-state index contributed by atoms with van der Waals surface area (Å²) >= 11 is 50.4. The number of carbonyl (C=O) groups is 3. The fourth-order valence-electron chi connectivity index (χ4n) is 17.3. The molecule has 708 valence electrons. The molecular weight excluding hydrogens is 1950 g/mol. The number of phenols is 1. The first-order chi connectivity index (χ1) is 64.8. The molecular formula is C95H81Cl8F7N20O7. The molecule has 15 rings (SSSR count). The summed E-state index contributed by atoms with van der Waals surface area (Å²) < 4.78 is 107. The molecule has 12 aromatic rings. The van der Waals surface area contributed by atoms with Gasteiger partial charge in [-0.05, 0) is 124 Å². The summed E-state index contributed by atoms with van der Waals surface area (Å²) in [6.45, 7) is 33.7. The van der Waals surface area contributed by atoms with Crippen LogP contribution in [0.2, 0.25) is 40.2 Å². The molecule has 3 amide bonds. The highest BCUT2D eigenvalue weighted by atomic mass is 35.5. The number of hydrogen-bond donors (Lipinski definition) is 3. The number of nitrogen functional groups attached to an aromatic ring is 2. The Morgan fingerprint density at radius 3 is 1.01 bits per heavy atom. The first-order valence-corrected chi connectivity index (χ1v) is 45.1. The number of piperazine rings is 3. The van der Waals surface area contributed by atoms with Crippen LogP contribution in [-0.4, -0.2) is 159 Å². The van der Waals surface area contributed by atoms with E-state index in [1.54, 1.807) is 77.2 Å². The van der Waals surface area contributed by atoms with Crippen LogP contribution in [0.25, 0.3) is 83.9 Å². The van der Waals surface area contributed by atoms with Gasteiger partial charge in [0.15, 0.2) is 46.5 Å². The number of amides is 3. The number of pyridine rings is 9. The van der Waals surface area contributed by atoms with Crippen LogP contribution in [0.5, 0.6) is 5.75 Å². The van der Waals surface area contributed by atoms with Crippen molar-refractivity contribution < 1.29 is 50.2 Å². The minimum atomic E-state index is -1.70. The number of benzene rings is 3. The number of nitrogens with two attached hydrogens (primary N) is 2. The summed E-state index contributed by atoms with van der Waals surface area (Å²) in [5, 5.41) is 37.6. The largest absolute Gasteiger partial charge is 0.503 e. The summed E-state index contributed by atoms with van der Waals surface area (Å²) in [6.07, 6.45) is 8.46. The number of hydrogen-bond acceptors (Lipinski definition) is 21. The number of carbonyl (C=O) groups excluding carboxylic acids is 3. The number of rotatable bonds is 15. The molecule has 0 saturated carbocycles. The second-order valence-electron chi connectivity index (χ2n) is 33.2. The second kappa shape index (κ2) is 40.3. The Bertz CT molecular complexity index is 7120. The average molecular weight is 2030 g/mol. The molecule has 0 radical (unpaired) electrons. The van der Waals surface area contributed by atoms with Crippen molar-refractivity contribution in [1.82, 2.24) is 58.3 Å². The molecule has 9 aromatic heterocycles. The maximum Gasteiger partial charge on any atom is 0.276 e. The van der Waals surface area contributed by atoms with Crippen LogP contribution in [0.4, 0.5) is 59.2 Å². The van der Waals surface area contributed by atoms with Crippen molar-refractivity contribution in [2.75, 3.05) is 91.6 Å². The van der Waals surface area contributed by atoms with Gasteiger partial charge < -0.3 is 46.0 Å². The quantitative estimate of drug-likeness (QED) is 0.0282. The molecule has 0 aliphatic carbocycles. The lowest BCUT2D eigenvalue weighted by atomic mass is 10.0. The number of halogens is 15. The normalized spacial score (nSPS) is 14.5. The third-order valence-corrected chi connectivity index (χ3v) is 26.4. The van der Waals surface area contributed by atoms with Crippen LogP contribution in [0.1, 0.15) is 124 Å². The van der Waals surface area contributed by atoms with Gasteiger partial charge in [0.25, 0.3) is 16.7 Å². The highest BCUT2D eigenvalue weighted by molar-refractivity contribution is 6.41. The monoisotopic (exact) mass is 2030 g/mol. The van der Waals surface area contributed by atoms with E-state index in [0.717, 1.165) is 4.57 Å². The number of anilines is 5. The third-order valence-electron chi connectivity index (χ3n) is 23.7. The van der Waals surface area contributed by atoms with E-state index >= 15 is 8.78 Å². The van der Waals surface area contributed by atoms with Crippen LogP contribution >= 0.6 is 92.8 Å². The number of aromatic nitrogens is 9. The summed E-state index contributed by atoms with van der Waals surface area (Å²) in [5.41, 5.74) is 11.4. The Morgan fingerprint density at radius 1 is 0.431 bits per heavy atom. The van der Waals surface area contributed by atoms with E-state index in [2.05, 4.69) is 51.8 Å². The van der Waals surface area contributed by atoms with Gasteiger partial charge in [-0.2, -0.15) is 15.8 Å². The Hall–Kier alpha value is -13.1. The molecule has 42 heteroatoms. The molecule has 12 heterocycles. The van der Waals surface area contributed by atoms with Crippen molar-refractivity contribution in [3.63, 3.8) is 0 Å². The minimum absolute atomic E-state index is 0.0346. The van der Waals surface area contributed by atoms with E-state index in [4.69, 9.17) is 114 Å². The van der Waals surface area contributed by atoms with Gasteiger partial charge in [-0.25, -0.2) is 45.7 Å². The SMILES string of the molecule is C=CC(=O)N1CCN(c2c(C#N)c(=O)n(-c3c(C)ccnc3C(C)C)c3nc(-c4c(N)c(Cl)c(F)c(F)c4Cl)c(Cl)cc23)CC1.C=CC(=O)N1CCN(c2c(C#N)c(=O)n(-c3c(C)ccnc3C(C)C)c3nc(-c4c(N)c(Cl)c(F)c(F)c4Cl)c(Cl)cc23)CC1.C=CC(=O)N1[C@H](C)CN(c2c(C#N)c(=O)n(-c3c(C)ccnc3C(C)C)c3nc(-c4c(F)c(O)c(F)c(Cl)c4F)c(Cl)cc23)C[C@@H]1C. The van der Waals surface area contributed by atoms with E-state index in [1.165, 1.54) is 45.6 Å². The Labute approximate surface area is 818 Å². The molecule has 3 aliphatic rings. The van der Waals surface area contributed by atoms with E-state index in [0.29, 0.717) is 87.8 Å². The predicted molar refractivity (Wildman–Crippen MR) is 519 cm³/mol. The number of phenolic OH excluding ortho intramolecular Hbond substituents is 1. The molecule has 0 unspecified atom stereocenters. The number of nitriles is 3. The molecule has 3 aromatic carbocycles. The van der Waals surface area contributed by atoms with Gasteiger partial charge in [0.2, 0.25) is 17.7 Å². The van der Waals surface area contributed by atoms with E-state index in [-0.39, 0.29) is 180 Å². The molecule has 3 fully saturated rings. The molecule has 5 N–H and O–H groups in total. The zero-order valence-electron chi connectivity index (χ0n) is 74.8. The van der Waals surface area contributed by atoms with Gasteiger partial charge in [0.1, 0.15) is 66.9 Å². The van der Waals surface area contributed by atoms with E-state index in [1.807, 2.05) is 71.3 Å². The standard InChI is InChI=1S/C33H29Cl2F3N6O3.2C31H26Cl3F2N7O2/c1-7-21(45)43-16(5)12-42(13-17(43)6)30-18-10-20(34)28(22-24(36)23(35)26(38)31(46)25(22)37)41-32(18)44(33(47)19(30)11-39)29-15(4)8-9-40-27(29)14(2)3;2*1-5-19(44)41-8-10-42(11-9-41)29-16-12-18(32)27(20-21(33)23(35)24(36)22(34)25(20)38)40-30(16)43(31(45)17(29)13-37)28-15(4)6-7-39-26(28)14(2)3/h7-10,14,16-17,46H,1,12-13H2,2-6H3;2*5-7,12,14H,1,8-11,38H2,2-4H3/t16-,17+;;. The molecule has 27 nitrogen and oxygen atoms in total. The Balaban J connectivity index is 0.000000174. The number of nitrogens with zero attached hydrogens (tertiary/aromatic N) is 18. The van der Waals surface area contributed by atoms with Crippen molar-refractivity contribution in [3.8, 4) is 74.8 Å². The van der Waals surface area contributed by atoms with Crippen LogP contribution in [0, 0.1) is 95.5 Å². The summed E-state index contributed by atoms with van der Waals surface area (Å²) in [5.74, 6) is -13.5. The van der Waals surface area contributed by atoms with Crippen molar-refractivity contribution in [2.24, 2.45) is 0 Å². The highest BCUT2D eigenvalue weighted by Crippen LogP contribution is 2.50. The van der Waals surface area contributed by atoms with Gasteiger partial charge in [0.05, 0.1) is 110 Å². The maximum atomic E-state index is 15.4. The van der Waals surface area contributed by atoms with Crippen molar-refractivity contribution in [3.05, 3.63) is 255 Å². The number of aryl methyl sites for hydroxylation is 3. The van der Waals surface area contributed by atoms with E-state index in [9.17, 15) is 71.6 Å². The van der Waals surface area contributed by atoms with Crippen LogP contribution < -0.4 is 42.8 Å². The zero-order valence-corrected chi connectivity index (χ0v) is 80.8. The van der Waals surface area contributed by atoms with Gasteiger partial charge in [-0.15, -0.1) is 0 Å². The lowest BCUT2D eigenvalue weighted by Gasteiger charge is -2.45. The molecule has 0 bridgehead atoms. The smallest absolute Gasteiger partial charge is 0.276 e. The van der Waals surface area contributed by atoms with Gasteiger partial charge in [-0.1, -0.05) is 154 Å². The zero-order chi connectivity index (χ0) is 100. The fraction of sp³-hybridized carbons (Fsp3) is 0.274. The first-order valence-electron chi connectivity index (χ1n) is 42.1. The molecule has 3 aliphatic heterocycles. The first kappa shape index (κ1) is 101. The minimum Gasteiger partial charge on any atom is -0.503 e. The van der Waals surface area contributed by atoms with Crippen molar-refractivity contribution in [1.29, 1.82) is 15.8 Å². The van der Waals surface area contributed by atoms with Gasteiger partial charge in [-0.3, -0.25) is 57.4 Å². The van der Waals surface area contributed by atoms with Crippen LogP contribution in [0.15, 0.2) is 107 Å².